The van der Waals surface area contributed by atoms with Crippen molar-refractivity contribution in [3.8, 4) is 28.8 Å². The van der Waals surface area contributed by atoms with E-state index in [1.54, 1.807) is 35.4 Å². The van der Waals surface area contributed by atoms with Gasteiger partial charge < -0.3 is 20.1 Å². The van der Waals surface area contributed by atoms with Gasteiger partial charge in [-0.05, 0) is 75.2 Å². The number of hydrogen-bond donors (Lipinski definition) is 1. The number of amides is 1. The molecule has 11 nitrogen and oxygen atoms in total. The second kappa shape index (κ2) is 13.8. The number of para-hydroxylation sites is 1. The van der Waals surface area contributed by atoms with Gasteiger partial charge >= 0.3 is 0 Å². The van der Waals surface area contributed by atoms with Crippen LogP contribution in [0.25, 0.3) is 22.2 Å². The number of hydrogen-bond acceptors (Lipinski definition) is 9. The average Bonchev–Trinajstić information content (AvgIpc) is 3.49. The number of halogens is 2. The maximum Gasteiger partial charge on any atom is 0.264 e. The Morgan fingerprint density at radius 2 is 1.76 bits per heavy atom. The quantitative estimate of drug-likeness (QED) is 0.198. The minimum atomic E-state index is -0.799. The van der Waals surface area contributed by atoms with Crippen molar-refractivity contribution in [3.63, 3.8) is 0 Å². The Morgan fingerprint density at radius 1 is 1.04 bits per heavy atom. The maximum absolute atomic E-state index is 14.2. The van der Waals surface area contributed by atoms with Crippen molar-refractivity contribution in [2.45, 2.75) is 44.3 Å². The Hall–Kier alpha value is -4.90. The fourth-order valence-corrected chi connectivity index (χ4v) is 7.16. The highest BCUT2D eigenvalue weighted by molar-refractivity contribution is 6.00. The fourth-order valence-electron chi connectivity index (χ4n) is 7.16. The highest BCUT2D eigenvalue weighted by atomic mass is 19.1. The van der Waals surface area contributed by atoms with Gasteiger partial charge in [0.25, 0.3) is 5.91 Å². The van der Waals surface area contributed by atoms with Gasteiger partial charge in [-0.15, -0.1) is 0 Å². The molecule has 2 N–H and O–H groups in total. The minimum Gasteiger partial charge on any atom is -0.451 e. The number of anilines is 1. The number of rotatable bonds is 8. The van der Waals surface area contributed by atoms with Crippen LogP contribution in [0.3, 0.4) is 0 Å². The van der Waals surface area contributed by atoms with E-state index in [0.29, 0.717) is 41.6 Å². The van der Waals surface area contributed by atoms with Crippen molar-refractivity contribution in [1.82, 2.24) is 29.5 Å². The molecule has 2 aromatic carbocycles. The first-order chi connectivity index (χ1) is 24.1. The zero-order valence-corrected chi connectivity index (χ0v) is 28.2. The number of carbonyl (C=O) groups excluding carboxylic acids is 1. The molecule has 13 heteroatoms. The number of fused-ring (bicyclic) bond motifs is 1. The standard InChI is InChI=1S/C37H40F2N8O3/c1-37(2,46-17-15-44(16-18-46)27-22-49-23-27)19-25(20-40)36(48)45-14-4-5-26(21-45)47-31-12-13-42-35(41)32(31)33(43-47)24-8-10-28(11-9-24)50-34-29(38)6-3-7-30(34)39/h3,6-13,19,26-27H,4-5,14-18,21-23H2,1-2H3,(H2,41,42)/b25-19+/t26-/m1/s1. The van der Waals surface area contributed by atoms with Crippen LogP contribution in [-0.4, -0.2) is 99.4 Å². The van der Waals surface area contributed by atoms with Gasteiger partial charge in [-0.2, -0.15) is 10.4 Å². The van der Waals surface area contributed by atoms with Crippen LogP contribution in [0.2, 0.25) is 0 Å². The first-order valence-electron chi connectivity index (χ1n) is 17.0. The predicted octanol–water partition coefficient (Wildman–Crippen LogP) is 5.16. The van der Waals surface area contributed by atoms with Crippen molar-refractivity contribution in [3.05, 3.63) is 78.0 Å². The fraction of sp³-hybridized carbons (Fsp3) is 0.405. The molecule has 0 spiro atoms. The smallest absolute Gasteiger partial charge is 0.264 e. The summed E-state index contributed by atoms with van der Waals surface area (Å²) in [5.74, 6) is -1.80. The molecule has 0 unspecified atom stereocenters. The van der Waals surface area contributed by atoms with E-state index in [1.165, 1.54) is 6.07 Å². The molecule has 0 radical (unpaired) electrons. The molecule has 0 saturated carbocycles. The predicted molar refractivity (Wildman–Crippen MR) is 184 cm³/mol. The van der Waals surface area contributed by atoms with Crippen LogP contribution in [0.1, 0.15) is 32.7 Å². The molecular weight excluding hydrogens is 642 g/mol. The summed E-state index contributed by atoms with van der Waals surface area (Å²) in [6.07, 6.45) is 4.96. The van der Waals surface area contributed by atoms with E-state index in [1.807, 2.05) is 16.8 Å². The van der Waals surface area contributed by atoms with Gasteiger partial charge in [-0.1, -0.05) is 6.07 Å². The summed E-state index contributed by atoms with van der Waals surface area (Å²) in [4.78, 5) is 24.7. The Balaban J connectivity index is 1.10. The van der Waals surface area contributed by atoms with Crippen LogP contribution in [-0.2, 0) is 9.53 Å². The number of nitrogen functional groups attached to an aromatic ring is 1. The molecule has 2 aromatic heterocycles. The lowest BCUT2D eigenvalue weighted by molar-refractivity contribution is -0.128. The Kier molecular flexibility index (Phi) is 9.26. The van der Waals surface area contributed by atoms with Crippen LogP contribution in [0, 0.1) is 23.0 Å². The Morgan fingerprint density at radius 3 is 2.42 bits per heavy atom. The molecule has 5 heterocycles. The van der Waals surface area contributed by atoms with Gasteiger partial charge in [0, 0.05) is 56.6 Å². The molecule has 260 valence electrons. The van der Waals surface area contributed by atoms with E-state index >= 15 is 0 Å². The molecule has 1 atom stereocenters. The first-order valence-corrected chi connectivity index (χ1v) is 17.0. The van der Waals surface area contributed by atoms with E-state index in [2.05, 4.69) is 34.7 Å². The summed E-state index contributed by atoms with van der Waals surface area (Å²) in [5, 5.41) is 15.8. The van der Waals surface area contributed by atoms with Crippen LogP contribution in [0.15, 0.2) is 66.4 Å². The van der Waals surface area contributed by atoms with E-state index in [0.717, 1.165) is 69.9 Å². The van der Waals surface area contributed by atoms with E-state index in [4.69, 9.17) is 20.3 Å². The number of piperazine rings is 1. The summed E-state index contributed by atoms with van der Waals surface area (Å²) in [6, 6.07) is 14.6. The summed E-state index contributed by atoms with van der Waals surface area (Å²) in [5.41, 5.74) is 8.12. The van der Waals surface area contributed by atoms with Gasteiger partial charge in [0.2, 0.25) is 0 Å². The van der Waals surface area contributed by atoms with E-state index in [9.17, 15) is 18.8 Å². The number of ether oxygens (including phenoxy) is 2. The summed E-state index contributed by atoms with van der Waals surface area (Å²) >= 11 is 0. The van der Waals surface area contributed by atoms with Crippen LogP contribution < -0.4 is 10.5 Å². The summed E-state index contributed by atoms with van der Waals surface area (Å²) < 4.78 is 41.1. The van der Waals surface area contributed by atoms with E-state index in [-0.39, 0.29) is 23.3 Å². The molecule has 0 aliphatic carbocycles. The molecule has 0 bridgehead atoms. The number of carbonyl (C=O) groups is 1. The molecule has 4 aromatic rings. The highest BCUT2D eigenvalue weighted by Gasteiger charge is 2.35. The summed E-state index contributed by atoms with van der Waals surface area (Å²) in [6.45, 7) is 10.2. The lowest BCUT2D eigenvalue weighted by Crippen LogP contribution is -2.59. The van der Waals surface area contributed by atoms with Crippen molar-refractivity contribution < 1.29 is 23.0 Å². The zero-order valence-electron chi connectivity index (χ0n) is 28.2. The minimum absolute atomic E-state index is 0.141. The average molecular weight is 683 g/mol. The Labute approximate surface area is 289 Å². The number of benzene rings is 2. The number of pyridine rings is 1. The van der Waals surface area contributed by atoms with Gasteiger partial charge in [-0.25, -0.2) is 13.8 Å². The molecule has 7 rings (SSSR count). The molecule has 3 aliphatic heterocycles. The lowest BCUT2D eigenvalue weighted by atomic mass is 9.96. The zero-order chi connectivity index (χ0) is 35.0. The third-order valence-electron chi connectivity index (χ3n) is 10.1. The number of nitrogens with zero attached hydrogens (tertiary/aromatic N) is 7. The van der Waals surface area contributed by atoms with Crippen molar-refractivity contribution in [2.24, 2.45) is 0 Å². The topological polar surface area (TPSA) is 126 Å². The molecule has 1 amide bonds. The number of nitriles is 1. The highest BCUT2D eigenvalue weighted by Crippen LogP contribution is 2.36. The number of aromatic nitrogens is 3. The van der Waals surface area contributed by atoms with Gasteiger partial charge in [0.15, 0.2) is 17.4 Å². The van der Waals surface area contributed by atoms with Crippen LogP contribution in [0.5, 0.6) is 11.5 Å². The van der Waals surface area contributed by atoms with Crippen molar-refractivity contribution in [1.29, 1.82) is 5.26 Å². The molecule has 3 saturated heterocycles. The monoisotopic (exact) mass is 682 g/mol. The van der Waals surface area contributed by atoms with E-state index < -0.39 is 22.9 Å². The number of piperidine rings is 1. The third kappa shape index (κ3) is 6.54. The second-order valence-electron chi connectivity index (χ2n) is 13.6. The van der Waals surface area contributed by atoms with Gasteiger partial charge in [-0.3, -0.25) is 19.3 Å². The third-order valence-corrected chi connectivity index (χ3v) is 10.1. The second-order valence-corrected chi connectivity index (χ2v) is 13.6. The van der Waals surface area contributed by atoms with Crippen molar-refractivity contribution in [2.75, 3.05) is 58.2 Å². The molecule has 50 heavy (non-hydrogen) atoms. The number of likely N-dealkylation sites (tertiary alicyclic amines) is 1. The SMILES string of the molecule is CC(C)(/C=C(\C#N)C(=O)N1CCC[C@@H](n2nc(-c3ccc(Oc4c(F)cccc4F)cc3)c3c(N)nccc32)C1)N1CCN(C2COC2)CC1. The Bertz CT molecular complexity index is 1940. The maximum atomic E-state index is 14.2. The van der Waals surface area contributed by atoms with Crippen molar-refractivity contribution >= 4 is 22.6 Å². The molecular formula is C37H40F2N8O3. The van der Waals surface area contributed by atoms with Crippen LogP contribution in [0.4, 0.5) is 14.6 Å². The molecule has 3 aliphatic rings. The first kappa shape index (κ1) is 33.6. The molecule has 3 fully saturated rings. The van der Waals surface area contributed by atoms with Crippen LogP contribution >= 0.6 is 0 Å². The number of nitrogens with two attached hydrogens (primary N) is 1. The largest absolute Gasteiger partial charge is 0.451 e. The van der Waals surface area contributed by atoms with Gasteiger partial charge in [0.05, 0.1) is 36.2 Å². The lowest BCUT2D eigenvalue weighted by Gasteiger charge is -2.46. The normalized spacial score (nSPS) is 19.7. The summed E-state index contributed by atoms with van der Waals surface area (Å²) in [7, 11) is 0. The van der Waals surface area contributed by atoms with Gasteiger partial charge in [0.1, 0.15) is 28.9 Å².